The van der Waals surface area contributed by atoms with Crippen LogP contribution in [0.2, 0.25) is 0 Å². The van der Waals surface area contributed by atoms with Crippen molar-refractivity contribution in [1.29, 1.82) is 0 Å². The first kappa shape index (κ1) is 14.5. The highest BCUT2D eigenvalue weighted by Gasteiger charge is 2.22. The lowest BCUT2D eigenvalue weighted by Gasteiger charge is -2.26. The maximum atomic E-state index is 11.5. The minimum Gasteiger partial charge on any atom is -0.410 e. The Labute approximate surface area is 107 Å². The molecule has 1 amide bonds. The Morgan fingerprint density at radius 3 is 2.56 bits per heavy atom. The standard InChI is InChI=1S/C13H20N2O3/c1-13(17,10-15(2)3)9-14-12(16)18-11-7-5-4-6-8-11/h4-8,17H,9-10H2,1-3H3,(H,14,16). The molecule has 0 radical (unpaired) electrons. The van der Waals surface area contributed by atoms with Crippen LogP contribution in [-0.2, 0) is 0 Å². The molecule has 0 saturated carbocycles. The van der Waals surface area contributed by atoms with Crippen molar-refractivity contribution in [2.45, 2.75) is 12.5 Å². The monoisotopic (exact) mass is 252 g/mol. The Bertz CT molecular complexity index is 377. The number of hydrogen-bond acceptors (Lipinski definition) is 4. The molecule has 1 aromatic rings. The van der Waals surface area contributed by atoms with Crippen molar-refractivity contribution in [3.63, 3.8) is 0 Å². The second-order valence-corrected chi connectivity index (χ2v) is 4.79. The molecule has 0 aliphatic rings. The lowest BCUT2D eigenvalue weighted by Crippen LogP contribution is -2.47. The van der Waals surface area contributed by atoms with Gasteiger partial charge in [0.25, 0.3) is 0 Å². The Kier molecular flexibility index (Phi) is 5.12. The molecule has 5 nitrogen and oxygen atoms in total. The minimum absolute atomic E-state index is 0.136. The summed E-state index contributed by atoms with van der Waals surface area (Å²) in [5, 5.41) is 12.5. The molecule has 0 heterocycles. The highest BCUT2D eigenvalue weighted by atomic mass is 16.6. The van der Waals surface area contributed by atoms with Gasteiger partial charge in [-0.2, -0.15) is 0 Å². The molecule has 0 aliphatic carbocycles. The van der Waals surface area contributed by atoms with Crippen LogP contribution in [-0.4, -0.2) is 48.9 Å². The average Bonchev–Trinajstić information content (AvgIpc) is 2.26. The van der Waals surface area contributed by atoms with Crippen LogP contribution in [0.3, 0.4) is 0 Å². The fourth-order valence-corrected chi connectivity index (χ4v) is 1.63. The summed E-state index contributed by atoms with van der Waals surface area (Å²) >= 11 is 0. The van der Waals surface area contributed by atoms with Crippen LogP contribution in [0.5, 0.6) is 5.75 Å². The van der Waals surface area contributed by atoms with Crippen LogP contribution >= 0.6 is 0 Å². The van der Waals surface area contributed by atoms with Crippen LogP contribution in [0.1, 0.15) is 6.92 Å². The molecule has 5 heteroatoms. The third kappa shape index (κ3) is 5.65. The molecule has 0 aliphatic heterocycles. The normalized spacial score (nSPS) is 14.1. The van der Waals surface area contributed by atoms with Crippen molar-refractivity contribution in [3.05, 3.63) is 30.3 Å². The molecular formula is C13H20N2O3. The largest absolute Gasteiger partial charge is 0.412 e. The number of benzene rings is 1. The zero-order chi connectivity index (χ0) is 13.6. The topological polar surface area (TPSA) is 61.8 Å². The molecule has 0 fully saturated rings. The van der Waals surface area contributed by atoms with Crippen LogP contribution in [0.4, 0.5) is 4.79 Å². The Morgan fingerprint density at radius 1 is 1.39 bits per heavy atom. The van der Waals surface area contributed by atoms with Crippen molar-refractivity contribution in [3.8, 4) is 5.75 Å². The predicted molar refractivity (Wildman–Crippen MR) is 69.6 cm³/mol. The van der Waals surface area contributed by atoms with E-state index >= 15 is 0 Å². The van der Waals surface area contributed by atoms with Crippen LogP contribution in [0.15, 0.2) is 30.3 Å². The van der Waals surface area contributed by atoms with Gasteiger partial charge in [0, 0.05) is 6.54 Å². The molecule has 1 unspecified atom stereocenters. The summed E-state index contributed by atoms with van der Waals surface area (Å²) in [4.78, 5) is 13.3. The molecule has 1 atom stereocenters. The summed E-state index contributed by atoms with van der Waals surface area (Å²) in [5.41, 5.74) is -0.987. The van der Waals surface area contributed by atoms with E-state index in [1.807, 2.05) is 25.1 Å². The van der Waals surface area contributed by atoms with Crippen LogP contribution in [0, 0.1) is 0 Å². The molecule has 0 spiro atoms. The fourth-order valence-electron chi connectivity index (χ4n) is 1.63. The predicted octanol–water partition coefficient (Wildman–Crippen LogP) is 1.09. The molecule has 0 aromatic heterocycles. The second-order valence-electron chi connectivity index (χ2n) is 4.79. The van der Waals surface area contributed by atoms with Gasteiger partial charge in [0.15, 0.2) is 0 Å². The summed E-state index contributed by atoms with van der Waals surface area (Å²) in [7, 11) is 3.72. The Balaban J connectivity index is 2.37. The highest BCUT2D eigenvalue weighted by Crippen LogP contribution is 2.08. The summed E-state index contributed by atoms with van der Waals surface area (Å²) in [6.07, 6.45) is -0.569. The van der Waals surface area contributed by atoms with Gasteiger partial charge in [0.2, 0.25) is 0 Å². The van der Waals surface area contributed by atoms with Crippen molar-refractivity contribution in [1.82, 2.24) is 10.2 Å². The number of aliphatic hydroxyl groups is 1. The molecule has 0 bridgehead atoms. The van der Waals surface area contributed by atoms with Gasteiger partial charge >= 0.3 is 6.09 Å². The maximum Gasteiger partial charge on any atom is 0.412 e. The number of likely N-dealkylation sites (N-methyl/N-ethyl adjacent to an activating group) is 1. The number of amides is 1. The van der Waals surface area contributed by atoms with Crippen LogP contribution in [0.25, 0.3) is 0 Å². The van der Waals surface area contributed by atoms with E-state index in [0.29, 0.717) is 12.3 Å². The minimum atomic E-state index is -0.987. The van der Waals surface area contributed by atoms with E-state index in [9.17, 15) is 9.90 Å². The number of hydrogen-bond donors (Lipinski definition) is 2. The first-order valence-electron chi connectivity index (χ1n) is 5.77. The number of rotatable bonds is 5. The van der Waals surface area contributed by atoms with Crippen molar-refractivity contribution in [2.24, 2.45) is 0 Å². The second kappa shape index (κ2) is 6.37. The first-order chi connectivity index (χ1) is 8.39. The Hall–Kier alpha value is -1.59. The van der Waals surface area contributed by atoms with Gasteiger partial charge in [-0.05, 0) is 33.2 Å². The number of carbonyl (C=O) groups excluding carboxylic acids is 1. The number of ether oxygens (including phenoxy) is 1. The molecule has 18 heavy (non-hydrogen) atoms. The van der Waals surface area contributed by atoms with E-state index in [-0.39, 0.29) is 6.54 Å². The van der Waals surface area contributed by atoms with Crippen molar-refractivity contribution < 1.29 is 14.6 Å². The van der Waals surface area contributed by atoms with Crippen LogP contribution < -0.4 is 10.1 Å². The highest BCUT2D eigenvalue weighted by molar-refractivity contribution is 5.70. The van der Waals surface area contributed by atoms with E-state index in [2.05, 4.69) is 5.32 Å². The van der Waals surface area contributed by atoms with Gasteiger partial charge in [-0.25, -0.2) is 4.79 Å². The summed E-state index contributed by atoms with van der Waals surface area (Å²) < 4.78 is 5.04. The molecule has 2 N–H and O–H groups in total. The summed E-state index contributed by atoms with van der Waals surface area (Å²) in [6, 6.07) is 8.79. The summed E-state index contributed by atoms with van der Waals surface area (Å²) in [5.74, 6) is 0.474. The third-order valence-electron chi connectivity index (χ3n) is 2.22. The lowest BCUT2D eigenvalue weighted by molar-refractivity contribution is 0.0344. The molecule has 1 aromatic carbocycles. The van der Waals surface area contributed by atoms with Gasteiger partial charge in [-0.1, -0.05) is 18.2 Å². The molecule has 100 valence electrons. The van der Waals surface area contributed by atoms with Gasteiger partial charge < -0.3 is 20.1 Å². The fraction of sp³-hybridized carbons (Fsp3) is 0.462. The van der Waals surface area contributed by atoms with Gasteiger partial charge in [0.05, 0.1) is 12.1 Å². The van der Waals surface area contributed by atoms with Gasteiger partial charge in [-0.15, -0.1) is 0 Å². The SMILES string of the molecule is CN(C)CC(C)(O)CNC(=O)Oc1ccccc1. The number of para-hydroxylation sites is 1. The molecule has 0 saturated heterocycles. The smallest absolute Gasteiger partial charge is 0.410 e. The van der Waals surface area contributed by atoms with E-state index in [1.165, 1.54) is 0 Å². The van der Waals surface area contributed by atoms with Gasteiger partial charge in [-0.3, -0.25) is 0 Å². The third-order valence-corrected chi connectivity index (χ3v) is 2.22. The summed E-state index contributed by atoms with van der Waals surface area (Å²) in [6.45, 7) is 2.26. The first-order valence-corrected chi connectivity index (χ1v) is 5.77. The number of nitrogens with zero attached hydrogens (tertiary/aromatic N) is 1. The van der Waals surface area contributed by atoms with Gasteiger partial charge in [0.1, 0.15) is 5.75 Å². The van der Waals surface area contributed by atoms with E-state index < -0.39 is 11.7 Å². The Morgan fingerprint density at radius 2 is 2.00 bits per heavy atom. The zero-order valence-corrected chi connectivity index (χ0v) is 11.0. The lowest BCUT2D eigenvalue weighted by atomic mass is 10.1. The van der Waals surface area contributed by atoms with E-state index in [1.54, 1.807) is 31.2 Å². The molecule has 1 rings (SSSR count). The zero-order valence-electron chi connectivity index (χ0n) is 11.0. The molecular weight excluding hydrogens is 232 g/mol. The quantitative estimate of drug-likeness (QED) is 0.823. The average molecular weight is 252 g/mol. The number of carbonyl (C=O) groups is 1. The van der Waals surface area contributed by atoms with E-state index in [0.717, 1.165) is 0 Å². The van der Waals surface area contributed by atoms with E-state index in [4.69, 9.17) is 4.74 Å². The van der Waals surface area contributed by atoms with Crippen molar-refractivity contribution >= 4 is 6.09 Å². The number of nitrogens with one attached hydrogen (secondary N) is 1. The maximum absolute atomic E-state index is 11.5. The van der Waals surface area contributed by atoms with Crippen molar-refractivity contribution in [2.75, 3.05) is 27.2 Å².